The van der Waals surface area contributed by atoms with Gasteiger partial charge in [0.2, 0.25) is 0 Å². The highest BCUT2D eigenvalue weighted by molar-refractivity contribution is 5.76. The Bertz CT molecular complexity index is 62.7. The van der Waals surface area contributed by atoms with E-state index in [9.17, 15) is 4.79 Å². The molecular formula is C4H9NO2. The Morgan fingerprint density at radius 3 is 2.57 bits per heavy atom. The maximum Gasteiger partial charge on any atom is 0.157 e. The molecule has 0 aliphatic rings. The number of rotatable bonds is 3. The Morgan fingerprint density at radius 1 is 1.86 bits per heavy atom. The van der Waals surface area contributed by atoms with Crippen molar-refractivity contribution in [3.8, 4) is 0 Å². The standard InChI is InChI=1S/C4H9NO2/c1-4(6)3-7-5-2/h5H,3H2,1-2H3. The van der Waals surface area contributed by atoms with E-state index >= 15 is 0 Å². The number of hydroxylamine groups is 1. The van der Waals surface area contributed by atoms with E-state index in [0.29, 0.717) is 0 Å². The van der Waals surface area contributed by atoms with Crippen LogP contribution in [0.2, 0.25) is 0 Å². The largest absolute Gasteiger partial charge is 0.297 e. The summed E-state index contributed by atoms with van der Waals surface area (Å²) in [5, 5.41) is 0. The van der Waals surface area contributed by atoms with Crippen LogP contribution in [0.15, 0.2) is 0 Å². The van der Waals surface area contributed by atoms with Gasteiger partial charge in [0, 0.05) is 7.05 Å². The van der Waals surface area contributed by atoms with Gasteiger partial charge in [-0.3, -0.25) is 9.63 Å². The van der Waals surface area contributed by atoms with E-state index in [2.05, 4.69) is 10.3 Å². The summed E-state index contributed by atoms with van der Waals surface area (Å²) in [6.07, 6.45) is 0. The fourth-order valence-electron chi connectivity index (χ4n) is 0.174. The van der Waals surface area contributed by atoms with Crippen LogP contribution in [0.4, 0.5) is 0 Å². The third-order valence-corrected chi connectivity index (χ3v) is 0.420. The fourth-order valence-corrected chi connectivity index (χ4v) is 0.174. The van der Waals surface area contributed by atoms with E-state index in [1.807, 2.05) is 0 Å². The van der Waals surface area contributed by atoms with Crippen LogP contribution in [0.5, 0.6) is 0 Å². The second-order valence-electron chi connectivity index (χ2n) is 1.19. The zero-order valence-corrected chi connectivity index (χ0v) is 4.52. The molecule has 3 nitrogen and oxygen atoms in total. The Kier molecular flexibility index (Phi) is 3.55. The lowest BCUT2D eigenvalue weighted by atomic mass is 10.5. The van der Waals surface area contributed by atoms with Crippen LogP contribution in [0.3, 0.4) is 0 Å². The molecule has 0 aliphatic carbocycles. The molecule has 0 saturated heterocycles. The predicted molar refractivity (Wildman–Crippen MR) is 25.7 cm³/mol. The molecule has 42 valence electrons. The second-order valence-corrected chi connectivity index (χ2v) is 1.19. The first-order chi connectivity index (χ1) is 3.27. The predicted octanol–water partition coefficient (Wildman–Crippen LogP) is -0.274. The minimum absolute atomic E-state index is 0.0225. The van der Waals surface area contributed by atoms with Crippen molar-refractivity contribution in [2.75, 3.05) is 13.7 Å². The van der Waals surface area contributed by atoms with Gasteiger partial charge in [-0.25, -0.2) is 5.48 Å². The molecular weight excluding hydrogens is 94.0 g/mol. The van der Waals surface area contributed by atoms with Crippen LogP contribution in [-0.4, -0.2) is 19.4 Å². The minimum atomic E-state index is 0.0225. The van der Waals surface area contributed by atoms with Crippen LogP contribution in [-0.2, 0) is 9.63 Å². The molecule has 0 aromatic carbocycles. The summed E-state index contributed by atoms with van der Waals surface area (Å²) in [7, 11) is 1.61. The topological polar surface area (TPSA) is 38.3 Å². The lowest BCUT2D eigenvalue weighted by molar-refractivity contribution is -0.123. The van der Waals surface area contributed by atoms with Gasteiger partial charge in [0.15, 0.2) is 5.78 Å². The molecule has 0 rings (SSSR count). The number of carbonyl (C=O) groups excluding carboxylic acids is 1. The van der Waals surface area contributed by atoms with Crippen molar-refractivity contribution in [1.82, 2.24) is 5.48 Å². The zero-order chi connectivity index (χ0) is 5.70. The smallest absolute Gasteiger partial charge is 0.157 e. The van der Waals surface area contributed by atoms with Crippen LogP contribution in [0, 0.1) is 0 Å². The van der Waals surface area contributed by atoms with Gasteiger partial charge in [-0.1, -0.05) is 0 Å². The summed E-state index contributed by atoms with van der Waals surface area (Å²) in [5.74, 6) is 0.0225. The summed E-state index contributed by atoms with van der Waals surface area (Å²) in [4.78, 5) is 14.5. The summed E-state index contributed by atoms with van der Waals surface area (Å²) >= 11 is 0. The molecule has 0 atom stereocenters. The van der Waals surface area contributed by atoms with Crippen molar-refractivity contribution in [2.45, 2.75) is 6.92 Å². The van der Waals surface area contributed by atoms with E-state index in [-0.39, 0.29) is 12.4 Å². The quantitative estimate of drug-likeness (QED) is 0.499. The summed E-state index contributed by atoms with van der Waals surface area (Å²) < 4.78 is 0. The molecule has 0 bridgehead atoms. The lowest BCUT2D eigenvalue weighted by Crippen LogP contribution is -2.13. The van der Waals surface area contributed by atoms with Crippen molar-refractivity contribution in [3.63, 3.8) is 0 Å². The van der Waals surface area contributed by atoms with Crippen molar-refractivity contribution in [2.24, 2.45) is 0 Å². The van der Waals surface area contributed by atoms with Crippen LogP contribution in [0.25, 0.3) is 0 Å². The molecule has 0 spiro atoms. The first-order valence-corrected chi connectivity index (χ1v) is 2.05. The Balaban J connectivity index is 2.82. The monoisotopic (exact) mass is 103 g/mol. The molecule has 0 aliphatic heterocycles. The Morgan fingerprint density at radius 2 is 2.43 bits per heavy atom. The van der Waals surface area contributed by atoms with Gasteiger partial charge in [-0.2, -0.15) is 0 Å². The van der Waals surface area contributed by atoms with E-state index < -0.39 is 0 Å². The highest BCUT2D eigenvalue weighted by Crippen LogP contribution is 1.66. The van der Waals surface area contributed by atoms with Gasteiger partial charge in [0.05, 0.1) is 0 Å². The number of carbonyl (C=O) groups is 1. The highest BCUT2D eigenvalue weighted by Gasteiger charge is 1.86. The van der Waals surface area contributed by atoms with Crippen molar-refractivity contribution in [3.05, 3.63) is 0 Å². The van der Waals surface area contributed by atoms with Gasteiger partial charge in [0.1, 0.15) is 6.61 Å². The molecule has 0 aromatic rings. The van der Waals surface area contributed by atoms with Crippen LogP contribution < -0.4 is 5.48 Å². The van der Waals surface area contributed by atoms with Crippen molar-refractivity contribution >= 4 is 5.78 Å². The molecule has 0 unspecified atom stereocenters. The number of ketones is 1. The Hall–Kier alpha value is -0.410. The first kappa shape index (κ1) is 6.59. The normalized spacial score (nSPS) is 8.86. The maximum atomic E-state index is 10.0. The lowest BCUT2D eigenvalue weighted by Gasteiger charge is -1.92. The molecule has 7 heavy (non-hydrogen) atoms. The number of nitrogens with one attached hydrogen (secondary N) is 1. The van der Waals surface area contributed by atoms with Crippen molar-refractivity contribution in [1.29, 1.82) is 0 Å². The van der Waals surface area contributed by atoms with Gasteiger partial charge in [-0.05, 0) is 6.92 Å². The zero-order valence-electron chi connectivity index (χ0n) is 4.52. The first-order valence-electron chi connectivity index (χ1n) is 2.05. The molecule has 1 N–H and O–H groups in total. The van der Waals surface area contributed by atoms with E-state index in [1.54, 1.807) is 7.05 Å². The van der Waals surface area contributed by atoms with E-state index in [0.717, 1.165) is 0 Å². The van der Waals surface area contributed by atoms with Crippen LogP contribution in [0.1, 0.15) is 6.92 Å². The molecule has 3 heteroatoms. The van der Waals surface area contributed by atoms with Gasteiger partial charge < -0.3 is 0 Å². The number of hydrogen-bond donors (Lipinski definition) is 1. The molecule has 0 fully saturated rings. The average molecular weight is 103 g/mol. The summed E-state index contributed by atoms with van der Waals surface area (Å²) in [6.45, 7) is 1.62. The summed E-state index contributed by atoms with van der Waals surface area (Å²) in [6, 6.07) is 0. The van der Waals surface area contributed by atoms with Gasteiger partial charge in [-0.15, -0.1) is 0 Å². The number of hydrogen-bond acceptors (Lipinski definition) is 3. The Labute approximate surface area is 42.6 Å². The van der Waals surface area contributed by atoms with Crippen molar-refractivity contribution < 1.29 is 9.63 Å². The summed E-state index contributed by atoms with van der Waals surface area (Å²) in [5.41, 5.74) is 2.38. The third-order valence-electron chi connectivity index (χ3n) is 0.420. The minimum Gasteiger partial charge on any atom is -0.297 e. The molecule has 0 radical (unpaired) electrons. The average Bonchev–Trinajstić information content (AvgIpc) is 1.61. The fraction of sp³-hybridized carbons (Fsp3) is 0.750. The highest BCUT2D eigenvalue weighted by atomic mass is 16.6. The van der Waals surface area contributed by atoms with E-state index in [1.165, 1.54) is 6.92 Å². The third kappa shape index (κ3) is 5.59. The van der Waals surface area contributed by atoms with Gasteiger partial charge >= 0.3 is 0 Å². The number of Topliss-reactive ketones (excluding diaryl/α,β-unsaturated/α-hetero) is 1. The molecule has 0 saturated carbocycles. The molecule has 0 heterocycles. The maximum absolute atomic E-state index is 10.0. The van der Waals surface area contributed by atoms with Gasteiger partial charge in [0.25, 0.3) is 0 Å². The molecule has 0 aromatic heterocycles. The second kappa shape index (κ2) is 3.77. The van der Waals surface area contributed by atoms with E-state index in [4.69, 9.17) is 0 Å². The SMILES string of the molecule is CNOCC(C)=O. The van der Waals surface area contributed by atoms with Crippen LogP contribution >= 0.6 is 0 Å². The molecule has 0 amide bonds.